The molecule has 0 aliphatic heterocycles. The normalized spacial score (nSPS) is 12.5. The van der Waals surface area contributed by atoms with Crippen LogP contribution in [0.4, 0.5) is 0 Å². The summed E-state index contributed by atoms with van der Waals surface area (Å²) < 4.78 is 12.0. The third-order valence-corrected chi connectivity index (χ3v) is 4.35. The van der Waals surface area contributed by atoms with Gasteiger partial charge in [0.1, 0.15) is 0 Å². The van der Waals surface area contributed by atoms with E-state index in [2.05, 4.69) is 10.3 Å². The first-order chi connectivity index (χ1) is 5.10. The van der Waals surface area contributed by atoms with E-state index < -0.39 is 8.72 Å². The Morgan fingerprint density at radius 1 is 1.27 bits per heavy atom. The van der Waals surface area contributed by atoms with Crippen LogP contribution in [0.2, 0.25) is 6.55 Å². The molecular formula is C5H15N3O2Si. The van der Waals surface area contributed by atoms with Crippen LogP contribution in [0.1, 0.15) is 0 Å². The Kier molecular flexibility index (Phi) is 4.24. The minimum atomic E-state index is -2.25. The molecule has 0 N–H and O–H groups in total. The highest BCUT2D eigenvalue weighted by Gasteiger charge is 2.35. The minimum absolute atomic E-state index is 1.61. The SMILES string of the molecule is CN=NN(C)[Si](C)(OC)OC. The molecule has 0 aromatic heterocycles. The minimum Gasteiger partial charge on any atom is -0.381 e. The predicted octanol–water partition coefficient (Wildman–Crippen LogP) is 0.777. The van der Waals surface area contributed by atoms with Crippen LogP contribution in [-0.4, -0.2) is 41.7 Å². The fourth-order valence-electron chi connectivity index (χ4n) is 0.563. The number of rotatable bonds is 4. The van der Waals surface area contributed by atoms with Gasteiger partial charge < -0.3 is 8.85 Å². The molecule has 0 rings (SSSR count). The lowest BCUT2D eigenvalue weighted by Crippen LogP contribution is -2.50. The Balaban J connectivity index is 4.23. The van der Waals surface area contributed by atoms with E-state index in [0.29, 0.717) is 0 Å². The van der Waals surface area contributed by atoms with Crippen LogP contribution in [0.5, 0.6) is 0 Å². The molecule has 0 aromatic rings. The van der Waals surface area contributed by atoms with E-state index in [-0.39, 0.29) is 0 Å². The Labute approximate surface area is 68.3 Å². The third-order valence-electron chi connectivity index (χ3n) is 1.57. The van der Waals surface area contributed by atoms with E-state index in [1.165, 1.54) is 0 Å². The van der Waals surface area contributed by atoms with Crippen LogP contribution < -0.4 is 0 Å². The molecule has 0 bridgehead atoms. The van der Waals surface area contributed by atoms with Crippen LogP contribution in [0, 0.1) is 0 Å². The molecule has 0 aliphatic rings. The fraction of sp³-hybridized carbons (Fsp3) is 1.00. The summed E-state index contributed by atoms with van der Waals surface area (Å²) in [7, 11) is 4.36. The van der Waals surface area contributed by atoms with Crippen LogP contribution in [0.25, 0.3) is 0 Å². The van der Waals surface area contributed by atoms with Gasteiger partial charge in [-0.05, 0) is 0 Å². The van der Waals surface area contributed by atoms with Crippen molar-refractivity contribution in [1.29, 1.82) is 0 Å². The molecule has 0 radical (unpaired) electrons. The smallest absolute Gasteiger partial charge is 0.381 e. The van der Waals surface area contributed by atoms with Crippen LogP contribution in [0.3, 0.4) is 0 Å². The average molecular weight is 177 g/mol. The lowest BCUT2D eigenvalue weighted by molar-refractivity contribution is 0.181. The van der Waals surface area contributed by atoms with Crippen molar-refractivity contribution in [3.05, 3.63) is 0 Å². The second-order valence-electron chi connectivity index (χ2n) is 2.12. The fourth-order valence-corrected chi connectivity index (χ4v) is 1.51. The van der Waals surface area contributed by atoms with Gasteiger partial charge in [0.2, 0.25) is 0 Å². The average Bonchev–Trinajstić information content (AvgIpc) is 2.03. The van der Waals surface area contributed by atoms with Crippen LogP contribution in [-0.2, 0) is 8.85 Å². The van der Waals surface area contributed by atoms with Gasteiger partial charge in [-0.15, -0.1) is 0 Å². The second kappa shape index (κ2) is 4.42. The van der Waals surface area contributed by atoms with Crippen molar-refractivity contribution in [3.8, 4) is 0 Å². The van der Waals surface area contributed by atoms with Crippen molar-refractivity contribution in [2.24, 2.45) is 10.3 Å². The highest BCUT2D eigenvalue weighted by atomic mass is 28.4. The first-order valence-electron chi connectivity index (χ1n) is 3.24. The number of hydrogen-bond acceptors (Lipinski definition) is 4. The van der Waals surface area contributed by atoms with E-state index in [1.54, 1.807) is 33.0 Å². The molecule has 0 saturated carbocycles. The zero-order valence-electron chi connectivity index (χ0n) is 7.66. The van der Waals surface area contributed by atoms with Gasteiger partial charge >= 0.3 is 8.72 Å². The summed E-state index contributed by atoms with van der Waals surface area (Å²) in [5.41, 5.74) is 0. The highest BCUT2D eigenvalue weighted by molar-refractivity contribution is 6.62. The van der Waals surface area contributed by atoms with Gasteiger partial charge in [0.05, 0.1) is 7.05 Å². The summed E-state index contributed by atoms with van der Waals surface area (Å²) in [6.07, 6.45) is 0. The molecule has 0 spiro atoms. The van der Waals surface area contributed by atoms with E-state index >= 15 is 0 Å². The molecule has 0 aromatic carbocycles. The van der Waals surface area contributed by atoms with Crippen molar-refractivity contribution >= 4 is 8.72 Å². The molecule has 0 aliphatic carbocycles. The molecule has 0 atom stereocenters. The molecule has 11 heavy (non-hydrogen) atoms. The molecule has 6 heteroatoms. The first-order valence-corrected chi connectivity index (χ1v) is 5.51. The molecule has 0 saturated heterocycles. The predicted molar refractivity (Wildman–Crippen MR) is 44.2 cm³/mol. The lowest BCUT2D eigenvalue weighted by atomic mass is 11.5. The maximum absolute atomic E-state index is 5.19. The highest BCUT2D eigenvalue weighted by Crippen LogP contribution is 2.09. The van der Waals surface area contributed by atoms with Crippen molar-refractivity contribution in [3.63, 3.8) is 0 Å². The molecule has 0 unspecified atom stereocenters. The summed E-state index contributed by atoms with van der Waals surface area (Å²) in [6.45, 7) is 1.89. The van der Waals surface area contributed by atoms with Crippen molar-refractivity contribution in [2.75, 3.05) is 28.3 Å². The van der Waals surface area contributed by atoms with Gasteiger partial charge in [0.25, 0.3) is 0 Å². The van der Waals surface area contributed by atoms with Crippen LogP contribution in [0.15, 0.2) is 10.3 Å². The summed E-state index contributed by atoms with van der Waals surface area (Å²) in [6, 6.07) is 0. The second-order valence-corrected chi connectivity index (χ2v) is 5.38. The quantitative estimate of drug-likeness (QED) is 0.362. The van der Waals surface area contributed by atoms with E-state index in [4.69, 9.17) is 8.85 Å². The van der Waals surface area contributed by atoms with Crippen molar-refractivity contribution < 1.29 is 8.85 Å². The molecule has 0 fully saturated rings. The summed E-state index contributed by atoms with van der Waals surface area (Å²) in [4.78, 5) is 0. The molecule has 0 amide bonds. The maximum atomic E-state index is 5.19. The number of nitrogens with zero attached hydrogens (tertiary/aromatic N) is 3. The molecule has 0 heterocycles. The first kappa shape index (κ1) is 10.5. The standard InChI is InChI=1S/C5H15N3O2Si/c1-6-7-8(2)11(5,9-3)10-4/h1-5H3. The van der Waals surface area contributed by atoms with Gasteiger partial charge in [0.15, 0.2) is 0 Å². The van der Waals surface area contributed by atoms with Gasteiger partial charge in [-0.25, -0.2) is 0 Å². The van der Waals surface area contributed by atoms with E-state index in [1.807, 2.05) is 6.55 Å². The molecule has 66 valence electrons. The summed E-state index contributed by atoms with van der Waals surface area (Å²) in [5.74, 6) is 0. The monoisotopic (exact) mass is 177 g/mol. The Morgan fingerprint density at radius 2 is 1.73 bits per heavy atom. The Bertz CT molecular complexity index is 138. The van der Waals surface area contributed by atoms with Crippen LogP contribution >= 0.6 is 0 Å². The lowest BCUT2D eigenvalue weighted by Gasteiger charge is -2.28. The summed E-state index contributed by atoms with van der Waals surface area (Å²) in [5, 5.41) is 7.43. The van der Waals surface area contributed by atoms with E-state index in [0.717, 1.165) is 0 Å². The van der Waals surface area contributed by atoms with Gasteiger partial charge in [-0.3, -0.25) is 4.67 Å². The van der Waals surface area contributed by atoms with Gasteiger partial charge in [-0.2, -0.15) is 5.11 Å². The summed E-state index contributed by atoms with van der Waals surface area (Å²) >= 11 is 0. The molecule has 5 nitrogen and oxygen atoms in total. The zero-order chi connectivity index (χ0) is 8.91. The Hall–Kier alpha value is -0.463. The van der Waals surface area contributed by atoms with E-state index in [9.17, 15) is 0 Å². The maximum Gasteiger partial charge on any atom is 0.473 e. The number of hydrogen-bond donors (Lipinski definition) is 0. The Morgan fingerprint density at radius 3 is 2.00 bits per heavy atom. The largest absolute Gasteiger partial charge is 0.473 e. The zero-order valence-corrected chi connectivity index (χ0v) is 8.66. The van der Waals surface area contributed by atoms with Crippen molar-refractivity contribution in [2.45, 2.75) is 6.55 Å². The van der Waals surface area contributed by atoms with Gasteiger partial charge in [0, 0.05) is 27.8 Å². The topological polar surface area (TPSA) is 46.4 Å². The van der Waals surface area contributed by atoms with Crippen molar-refractivity contribution in [1.82, 2.24) is 4.67 Å². The third kappa shape index (κ3) is 2.56. The van der Waals surface area contributed by atoms with Gasteiger partial charge in [-0.1, -0.05) is 5.22 Å². The molecular weight excluding hydrogens is 162 g/mol.